The molecule has 1 rings (SSSR count). The third-order valence-corrected chi connectivity index (χ3v) is 3.68. The van der Waals surface area contributed by atoms with Gasteiger partial charge in [-0.25, -0.2) is 0 Å². The van der Waals surface area contributed by atoms with Crippen molar-refractivity contribution in [3.63, 3.8) is 0 Å². The first-order chi connectivity index (χ1) is 8.08. The van der Waals surface area contributed by atoms with Crippen LogP contribution in [0.25, 0.3) is 0 Å². The van der Waals surface area contributed by atoms with Crippen LogP contribution in [0.2, 0.25) is 0 Å². The van der Waals surface area contributed by atoms with Gasteiger partial charge in [0.05, 0.1) is 17.6 Å². The largest absolute Gasteiger partial charge is 0.481 e. The van der Waals surface area contributed by atoms with Crippen LogP contribution in [0.5, 0.6) is 0 Å². The minimum Gasteiger partial charge on any atom is -0.481 e. The van der Waals surface area contributed by atoms with Gasteiger partial charge in [0.2, 0.25) is 5.91 Å². The molecule has 1 aliphatic carbocycles. The Labute approximate surface area is 105 Å². The van der Waals surface area contributed by atoms with Crippen LogP contribution in [0.3, 0.4) is 0 Å². The molecule has 0 atom stereocenters. The van der Waals surface area contributed by atoms with E-state index in [0.29, 0.717) is 12.8 Å². The van der Waals surface area contributed by atoms with Crippen molar-refractivity contribution in [3.8, 4) is 6.07 Å². The molecule has 0 aliphatic heterocycles. The molecule has 1 amide bonds. The van der Waals surface area contributed by atoms with Gasteiger partial charge in [0, 0.05) is 0 Å². The Morgan fingerprint density at radius 1 is 1.29 bits per heavy atom. The highest BCUT2D eigenvalue weighted by Gasteiger charge is 2.33. The third kappa shape index (κ3) is 4.65. The summed E-state index contributed by atoms with van der Waals surface area (Å²) >= 11 is 1.05. The number of aliphatic carboxylic acids is 1. The number of thioether (sulfide) groups is 1. The zero-order valence-electron chi connectivity index (χ0n) is 9.57. The van der Waals surface area contributed by atoms with E-state index in [4.69, 9.17) is 10.4 Å². The summed E-state index contributed by atoms with van der Waals surface area (Å²) in [6, 6.07) is 2.19. The van der Waals surface area contributed by atoms with Gasteiger partial charge in [-0.3, -0.25) is 9.59 Å². The van der Waals surface area contributed by atoms with Crippen LogP contribution < -0.4 is 5.32 Å². The first-order valence-corrected chi connectivity index (χ1v) is 6.75. The molecule has 17 heavy (non-hydrogen) atoms. The second-order valence-corrected chi connectivity index (χ2v) is 5.17. The van der Waals surface area contributed by atoms with Crippen LogP contribution in [0.4, 0.5) is 0 Å². The summed E-state index contributed by atoms with van der Waals surface area (Å²) in [4.78, 5) is 21.9. The number of carboxylic acid groups (broad SMARTS) is 1. The molecule has 2 N–H and O–H groups in total. The molecule has 0 saturated heterocycles. The van der Waals surface area contributed by atoms with Crippen LogP contribution in [0.15, 0.2) is 0 Å². The third-order valence-electron chi connectivity index (χ3n) is 2.76. The average molecular weight is 256 g/mol. The summed E-state index contributed by atoms with van der Waals surface area (Å²) in [5.41, 5.74) is -0.723. The summed E-state index contributed by atoms with van der Waals surface area (Å²) in [6.45, 7) is 0. The number of nitrogens with one attached hydrogen (secondary N) is 1. The first-order valence-electron chi connectivity index (χ1n) is 5.60. The summed E-state index contributed by atoms with van der Waals surface area (Å²) in [5.74, 6) is -1.18. The molecule has 94 valence electrons. The lowest BCUT2D eigenvalue weighted by Gasteiger charge is -2.31. The van der Waals surface area contributed by atoms with E-state index in [1.807, 2.05) is 0 Å². The molecule has 1 fully saturated rings. The van der Waals surface area contributed by atoms with Crippen LogP contribution >= 0.6 is 11.8 Å². The molecular weight excluding hydrogens is 240 g/mol. The number of carbonyl (C=O) groups is 2. The molecule has 0 spiro atoms. The molecule has 0 unspecified atom stereocenters. The highest BCUT2D eigenvalue weighted by molar-refractivity contribution is 8.00. The standard InChI is InChI=1S/C11H16N2O3S/c12-8-11(4-2-1-3-5-11)13-9(14)6-17-7-10(15)16/h1-7H2,(H,13,14)(H,15,16). The van der Waals surface area contributed by atoms with Crippen molar-refractivity contribution in [1.29, 1.82) is 5.26 Å². The second-order valence-electron chi connectivity index (χ2n) is 4.19. The number of hydrogen-bond acceptors (Lipinski definition) is 4. The summed E-state index contributed by atoms with van der Waals surface area (Å²) in [7, 11) is 0. The van der Waals surface area contributed by atoms with Crippen LogP contribution in [0, 0.1) is 11.3 Å². The zero-order valence-corrected chi connectivity index (χ0v) is 10.4. The van der Waals surface area contributed by atoms with Gasteiger partial charge < -0.3 is 10.4 Å². The van der Waals surface area contributed by atoms with Gasteiger partial charge in [-0.05, 0) is 12.8 Å². The fourth-order valence-corrected chi connectivity index (χ4v) is 2.49. The van der Waals surface area contributed by atoms with Crippen LogP contribution in [-0.2, 0) is 9.59 Å². The molecule has 0 heterocycles. The lowest BCUT2D eigenvalue weighted by molar-refractivity contribution is -0.133. The number of nitrogens with zero attached hydrogens (tertiary/aromatic N) is 1. The zero-order chi connectivity index (χ0) is 12.7. The number of carboxylic acids is 1. The van der Waals surface area contributed by atoms with Crippen molar-refractivity contribution in [1.82, 2.24) is 5.32 Å². The van der Waals surface area contributed by atoms with E-state index in [0.717, 1.165) is 31.0 Å². The van der Waals surface area contributed by atoms with Crippen molar-refractivity contribution in [2.45, 2.75) is 37.6 Å². The van der Waals surface area contributed by atoms with E-state index in [-0.39, 0.29) is 17.4 Å². The number of nitriles is 1. The maximum atomic E-state index is 11.6. The highest BCUT2D eigenvalue weighted by Crippen LogP contribution is 2.27. The molecular formula is C11H16N2O3S. The van der Waals surface area contributed by atoms with E-state index in [2.05, 4.69) is 11.4 Å². The number of amides is 1. The molecule has 1 saturated carbocycles. The molecule has 0 radical (unpaired) electrons. The lowest BCUT2D eigenvalue weighted by atomic mass is 9.83. The Morgan fingerprint density at radius 2 is 1.94 bits per heavy atom. The first kappa shape index (κ1) is 13.8. The van der Waals surface area contributed by atoms with Crippen molar-refractivity contribution < 1.29 is 14.7 Å². The van der Waals surface area contributed by atoms with E-state index in [1.54, 1.807) is 0 Å². The minimum atomic E-state index is -0.935. The molecule has 5 nitrogen and oxygen atoms in total. The highest BCUT2D eigenvalue weighted by atomic mass is 32.2. The summed E-state index contributed by atoms with van der Waals surface area (Å²) in [6.07, 6.45) is 4.40. The van der Waals surface area contributed by atoms with Gasteiger partial charge in [0.15, 0.2) is 0 Å². The Balaban J connectivity index is 2.37. The van der Waals surface area contributed by atoms with Crippen LogP contribution in [-0.4, -0.2) is 34.0 Å². The minimum absolute atomic E-state index is 0.0903. The smallest absolute Gasteiger partial charge is 0.313 e. The van der Waals surface area contributed by atoms with Crippen molar-refractivity contribution in [2.75, 3.05) is 11.5 Å². The number of carbonyl (C=O) groups excluding carboxylic acids is 1. The summed E-state index contributed by atoms with van der Waals surface area (Å²) in [5, 5.41) is 20.3. The Hall–Kier alpha value is -1.22. The normalized spacial score (nSPS) is 18.1. The lowest BCUT2D eigenvalue weighted by Crippen LogP contribution is -2.49. The SMILES string of the molecule is N#CC1(NC(=O)CSCC(=O)O)CCCCC1. The monoisotopic (exact) mass is 256 g/mol. The Morgan fingerprint density at radius 3 is 2.47 bits per heavy atom. The second kappa shape index (κ2) is 6.50. The van der Waals surface area contributed by atoms with Crippen molar-refractivity contribution >= 4 is 23.6 Å². The molecule has 0 bridgehead atoms. The van der Waals surface area contributed by atoms with Gasteiger partial charge in [-0.15, -0.1) is 11.8 Å². The van der Waals surface area contributed by atoms with E-state index >= 15 is 0 Å². The molecule has 6 heteroatoms. The van der Waals surface area contributed by atoms with Crippen molar-refractivity contribution in [2.24, 2.45) is 0 Å². The van der Waals surface area contributed by atoms with Gasteiger partial charge in [0.25, 0.3) is 0 Å². The fraction of sp³-hybridized carbons (Fsp3) is 0.727. The van der Waals surface area contributed by atoms with Gasteiger partial charge in [-0.1, -0.05) is 19.3 Å². The van der Waals surface area contributed by atoms with E-state index in [1.165, 1.54) is 0 Å². The molecule has 0 aromatic carbocycles. The van der Waals surface area contributed by atoms with Gasteiger partial charge in [0.1, 0.15) is 5.54 Å². The van der Waals surface area contributed by atoms with Crippen LogP contribution in [0.1, 0.15) is 32.1 Å². The predicted octanol–water partition coefficient (Wildman–Crippen LogP) is 1.15. The Kier molecular flexibility index (Phi) is 5.29. The maximum Gasteiger partial charge on any atom is 0.313 e. The number of hydrogen-bond donors (Lipinski definition) is 2. The van der Waals surface area contributed by atoms with E-state index < -0.39 is 11.5 Å². The molecule has 0 aromatic heterocycles. The number of rotatable bonds is 5. The van der Waals surface area contributed by atoms with Gasteiger partial charge in [-0.2, -0.15) is 5.26 Å². The maximum absolute atomic E-state index is 11.6. The average Bonchev–Trinajstić information content (AvgIpc) is 2.29. The quantitative estimate of drug-likeness (QED) is 0.770. The Bertz CT molecular complexity index is 332. The predicted molar refractivity (Wildman–Crippen MR) is 64.5 cm³/mol. The molecule has 0 aromatic rings. The molecule has 1 aliphatic rings. The van der Waals surface area contributed by atoms with E-state index in [9.17, 15) is 9.59 Å². The van der Waals surface area contributed by atoms with Crippen molar-refractivity contribution in [3.05, 3.63) is 0 Å². The summed E-state index contributed by atoms with van der Waals surface area (Å²) < 4.78 is 0. The topological polar surface area (TPSA) is 90.2 Å². The van der Waals surface area contributed by atoms with Gasteiger partial charge >= 0.3 is 5.97 Å². The fourth-order valence-electron chi connectivity index (χ4n) is 1.95.